The minimum absolute atomic E-state index is 0.0305. The molecule has 6 nitrogen and oxygen atoms in total. The topological polar surface area (TPSA) is 95.4 Å². The average Bonchev–Trinajstić information content (AvgIpc) is 3.54. The summed E-state index contributed by atoms with van der Waals surface area (Å²) in [6, 6.07) is 7.88. The lowest BCUT2D eigenvalue weighted by atomic mass is 9.84. The Hall–Kier alpha value is -3.43. The molecule has 1 fully saturated rings. The molecule has 0 bridgehead atoms. The van der Waals surface area contributed by atoms with Gasteiger partial charge in [0.2, 0.25) is 5.91 Å². The van der Waals surface area contributed by atoms with Crippen molar-refractivity contribution in [1.82, 2.24) is 9.88 Å². The number of halogens is 2. The number of amidine groups is 1. The number of aliphatic imine (C=N–C) groups is 1. The molecule has 168 valence electrons. The quantitative estimate of drug-likeness (QED) is 0.704. The summed E-state index contributed by atoms with van der Waals surface area (Å²) in [5.74, 6) is 4.51. The first-order valence-corrected chi connectivity index (χ1v) is 11.0. The highest BCUT2D eigenvalue weighted by atomic mass is 32.2. The molecule has 1 saturated carbocycles. The summed E-state index contributed by atoms with van der Waals surface area (Å²) in [6.07, 6.45) is 1.78. The molecule has 0 spiro atoms. The maximum Gasteiger partial charge on any atom is 0.239 e. The Balaban J connectivity index is 1.76. The van der Waals surface area contributed by atoms with E-state index in [1.54, 1.807) is 27.1 Å². The van der Waals surface area contributed by atoms with Crippen LogP contribution in [0.25, 0.3) is 0 Å². The molecule has 2 N–H and O–H groups in total. The fourth-order valence-electron chi connectivity index (χ4n) is 4.33. The minimum atomic E-state index is -1.59. The second kappa shape index (κ2) is 8.17. The normalized spacial score (nSPS) is 25.1. The van der Waals surface area contributed by atoms with Gasteiger partial charge in [0.05, 0.1) is 5.56 Å². The van der Waals surface area contributed by atoms with Gasteiger partial charge in [-0.3, -0.25) is 4.79 Å². The molecule has 0 radical (unpaired) electrons. The highest BCUT2D eigenvalue weighted by Gasteiger charge is 2.72. The third-order valence-electron chi connectivity index (χ3n) is 6.02. The number of amides is 1. The van der Waals surface area contributed by atoms with Crippen LogP contribution < -0.4 is 5.73 Å². The summed E-state index contributed by atoms with van der Waals surface area (Å²) in [5, 5.41) is 9.04. The van der Waals surface area contributed by atoms with E-state index in [0.29, 0.717) is 23.2 Å². The van der Waals surface area contributed by atoms with Gasteiger partial charge in [0.15, 0.2) is 5.17 Å². The van der Waals surface area contributed by atoms with Gasteiger partial charge in [-0.15, -0.1) is 0 Å². The number of fused-ring (bicyclic) bond motifs is 1. The molecule has 0 saturated heterocycles. The van der Waals surface area contributed by atoms with Crippen LogP contribution in [0.1, 0.15) is 34.4 Å². The van der Waals surface area contributed by atoms with Gasteiger partial charge in [-0.2, -0.15) is 5.26 Å². The lowest BCUT2D eigenvalue weighted by Crippen LogP contribution is -2.45. The number of carbonyl (C=O) groups excluding carboxylic acids is 1. The van der Waals surface area contributed by atoms with Crippen molar-refractivity contribution in [2.24, 2.45) is 16.6 Å². The van der Waals surface area contributed by atoms with Crippen LogP contribution >= 0.6 is 11.8 Å². The largest absolute Gasteiger partial charge is 0.378 e. The summed E-state index contributed by atoms with van der Waals surface area (Å²) >= 11 is 1.12. The molecular formula is C24H21F2N5OS. The third-order valence-corrected chi connectivity index (χ3v) is 7.31. The maximum absolute atomic E-state index is 15.0. The molecule has 2 heterocycles. The number of alkyl halides is 1. The number of pyridine rings is 1. The molecule has 1 aromatic heterocycles. The lowest BCUT2D eigenvalue weighted by molar-refractivity contribution is -0.129. The van der Waals surface area contributed by atoms with E-state index in [0.717, 1.165) is 17.3 Å². The van der Waals surface area contributed by atoms with E-state index in [2.05, 4.69) is 21.8 Å². The number of hydrogen-bond acceptors (Lipinski definition) is 6. The first-order chi connectivity index (χ1) is 15.7. The van der Waals surface area contributed by atoms with Crippen molar-refractivity contribution in [3.8, 4) is 17.9 Å². The monoisotopic (exact) mass is 465 g/mol. The molecule has 1 aliphatic heterocycles. The first-order valence-electron chi connectivity index (χ1n) is 10.2. The van der Waals surface area contributed by atoms with Crippen LogP contribution in [0.3, 0.4) is 0 Å². The standard InChI is InChI=1S/C24H21F2N5OS/c1-14-8-16(11-27)12-29-19(14)7-5-15-4-6-18(26)17(9-15)23(13-25)20-10-24(20,21(32)31(2)3)33-22(28)30-23/h4,6,8-9,12,20H,10,13H2,1-3H3,(H2,28,30)/t20-,23+,24-/m0/s1. The Morgan fingerprint density at radius 3 is 2.73 bits per heavy atom. The Morgan fingerprint density at radius 2 is 2.09 bits per heavy atom. The molecule has 33 heavy (non-hydrogen) atoms. The molecule has 9 heteroatoms. The number of hydrogen-bond donors (Lipinski definition) is 1. The second-order valence-corrected chi connectivity index (χ2v) is 9.75. The van der Waals surface area contributed by atoms with Crippen LogP contribution in [0, 0.1) is 41.8 Å². The van der Waals surface area contributed by atoms with Gasteiger partial charge in [0.1, 0.15) is 34.5 Å². The van der Waals surface area contributed by atoms with E-state index in [1.165, 1.54) is 29.3 Å². The van der Waals surface area contributed by atoms with Crippen LogP contribution in [-0.2, 0) is 10.3 Å². The van der Waals surface area contributed by atoms with Crippen molar-refractivity contribution in [2.75, 3.05) is 20.8 Å². The summed E-state index contributed by atoms with van der Waals surface area (Å²) < 4.78 is 28.7. The third kappa shape index (κ3) is 3.73. The number of nitriles is 1. The van der Waals surface area contributed by atoms with Gasteiger partial charge < -0.3 is 10.6 Å². The van der Waals surface area contributed by atoms with E-state index in [9.17, 15) is 9.18 Å². The molecule has 3 atom stereocenters. The van der Waals surface area contributed by atoms with Crippen molar-refractivity contribution < 1.29 is 13.6 Å². The van der Waals surface area contributed by atoms with Crippen molar-refractivity contribution in [1.29, 1.82) is 5.26 Å². The predicted octanol–water partition coefficient (Wildman–Crippen LogP) is 2.87. The van der Waals surface area contributed by atoms with E-state index in [1.807, 2.05) is 6.07 Å². The zero-order valence-electron chi connectivity index (χ0n) is 18.3. The fourth-order valence-corrected chi connectivity index (χ4v) is 5.77. The van der Waals surface area contributed by atoms with Crippen LogP contribution in [-0.4, -0.2) is 46.5 Å². The Morgan fingerprint density at radius 1 is 1.33 bits per heavy atom. The van der Waals surface area contributed by atoms with Crippen LogP contribution in [0.5, 0.6) is 0 Å². The Kier molecular flexibility index (Phi) is 5.63. The number of benzene rings is 1. The molecular weight excluding hydrogens is 444 g/mol. The second-order valence-electron chi connectivity index (χ2n) is 8.40. The number of thioether (sulfide) groups is 1. The molecule has 0 unspecified atom stereocenters. The SMILES string of the molecule is Cc1cc(C#N)cnc1C#Cc1ccc(F)c([C@@]2(CF)N=C(N)S[C@@]3(C(=O)N(C)C)C[C@H]32)c1. The number of nitrogens with zero attached hydrogens (tertiary/aromatic N) is 4. The highest BCUT2D eigenvalue weighted by molar-refractivity contribution is 8.15. The predicted molar refractivity (Wildman–Crippen MR) is 122 cm³/mol. The number of nitrogens with two attached hydrogens (primary N) is 1. The van der Waals surface area contributed by atoms with Crippen LogP contribution in [0.2, 0.25) is 0 Å². The zero-order valence-corrected chi connectivity index (χ0v) is 19.1. The van der Waals surface area contributed by atoms with Crippen LogP contribution in [0.4, 0.5) is 8.78 Å². The summed E-state index contributed by atoms with van der Waals surface area (Å²) in [5.41, 5.74) is 6.55. The summed E-state index contributed by atoms with van der Waals surface area (Å²) in [6.45, 7) is 0.795. The summed E-state index contributed by atoms with van der Waals surface area (Å²) in [7, 11) is 3.25. The van der Waals surface area contributed by atoms with Crippen LogP contribution in [0.15, 0.2) is 35.5 Å². The number of aromatic nitrogens is 1. The van der Waals surface area contributed by atoms with Crippen molar-refractivity contribution in [2.45, 2.75) is 23.6 Å². The zero-order chi connectivity index (χ0) is 24.0. The van der Waals surface area contributed by atoms with Crippen molar-refractivity contribution in [3.63, 3.8) is 0 Å². The number of aryl methyl sites for hydroxylation is 1. The Bertz CT molecular complexity index is 1290. The Labute approximate surface area is 194 Å². The first kappa shape index (κ1) is 22.8. The van der Waals surface area contributed by atoms with Crippen molar-refractivity contribution in [3.05, 3.63) is 64.2 Å². The smallest absolute Gasteiger partial charge is 0.239 e. The minimum Gasteiger partial charge on any atom is -0.378 e. The average molecular weight is 466 g/mol. The lowest BCUT2D eigenvalue weighted by Gasteiger charge is -2.35. The number of rotatable bonds is 3. The van der Waals surface area contributed by atoms with Gasteiger partial charge in [-0.1, -0.05) is 17.7 Å². The van der Waals surface area contributed by atoms with Gasteiger partial charge in [0, 0.05) is 37.3 Å². The highest BCUT2D eigenvalue weighted by Crippen LogP contribution is 2.66. The number of carbonyl (C=O) groups is 1. The molecule has 2 aliphatic rings. The molecule has 1 aromatic carbocycles. The van der Waals surface area contributed by atoms with E-state index < -0.39 is 28.7 Å². The van der Waals surface area contributed by atoms with Gasteiger partial charge in [-0.25, -0.2) is 18.8 Å². The van der Waals surface area contributed by atoms with E-state index in [4.69, 9.17) is 11.0 Å². The molecule has 4 rings (SSSR count). The van der Waals surface area contributed by atoms with Crippen molar-refractivity contribution >= 4 is 22.8 Å². The molecule has 1 amide bonds. The van der Waals surface area contributed by atoms with E-state index in [-0.39, 0.29) is 16.6 Å². The fraction of sp³-hybridized carbons (Fsp3) is 0.333. The van der Waals surface area contributed by atoms with E-state index >= 15 is 4.39 Å². The maximum atomic E-state index is 15.0. The molecule has 1 aliphatic carbocycles. The van der Waals surface area contributed by atoms with Gasteiger partial charge in [0.25, 0.3) is 0 Å². The molecule has 2 aromatic rings. The van der Waals surface area contributed by atoms with Gasteiger partial charge in [-0.05, 0) is 49.1 Å². The van der Waals surface area contributed by atoms with Gasteiger partial charge >= 0.3 is 0 Å². The summed E-state index contributed by atoms with van der Waals surface area (Å²) in [4.78, 5) is 22.8.